The van der Waals surface area contributed by atoms with Crippen molar-refractivity contribution < 1.29 is 23.0 Å². The van der Waals surface area contributed by atoms with E-state index in [1.807, 2.05) is 22.6 Å². The first-order chi connectivity index (χ1) is 8.01. The van der Waals surface area contributed by atoms with Gasteiger partial charge >= 0.3 is 0 Å². The number of halogens is 1. The second kappa shape index (κ2) is 6.90. The molecule has 5 nitrogen and oxygen atoms in total. The van der Waals surface area contributed by atoms with Crippen molar-refractivity contribution in [2.45, 2.75) is 16.7 Å². The third-order valence-electron chi connectivity index (χ3n) is 1.99. The quantitative estimate of drug-likeness (QED) is 0.265. The van der Waals surface area contributed by atoms with Crippen LogP contribution in [0.25, 0.3) is 0 Å². The van der Waals surface area contributed by atoms with Gasteiger partial charge < -0.3 is 0 Å². The number of sulfone groups is 1. The summed E-state index contributed by atoms with van der Waals surface area (Å²) in [5.74, 6) is 0.122. The predicted molar refractivity (Wildman–Crippen MR) is 72.8 cm³/mol. The summed E-state index contributed by atoms with van der Waals surface area (Å²) in [6, 6.07) is 4.78. The van der Waals surface area contributed by atoms with Crippen LogP contribution in [0, 0.1) is 6.92 Å². The van der Waals surface area contributed by atoms with Gasteiger partial charge in [-0.3, -0.25) is 0 Å². The molecule has 0 saturated carbocycles. The maximum Gasteiger partial charge on any atom is 0.179 e. The summed E-state index contributed by atoms with van der Waals surface area (Å²) in [6.45, 7) is 1.71. The second-order valence-corrected chi connectivity index (χ2v) is 7.09. The molecule has 96 valence electrons. The highest BCUT2D eigenvalue weighted by Gasteiger charge is 2.16. The van der Waals surface area contributed by atoms with E-state index < -0.39 is 9.84 Å². The van der Waals surface area contributed by atoms with Crippen molar-refractivity contribution in [1.29, 1.82) is 0 Å². The van der Waals surface area contributed by atoms with Crippen molar-refractivity contribution >= 4 is 44.5 Å². The fourth-order valence-electron chi connectivity index (χ4n) is 1.29. The summed E-state index contributed by atoms with van der Waals surface area (Å²) < 4.78 is 28.6. The van der Waals surface area contributed by atoms with Gasteiger partial charge in [0.2, 0.25) is 0 Å². The van der Waals surface area contributed by atoms with Crippen molar-refractivity contribution in [3.05, 3.63) is 23.8 Å². The molecule has 0 aliphatic heterocycles. The Labute approximate surface area is 118 Å². The zero-order valence-electron chi connectivity index (χ0n) is 8.92. The highest BCUT2D eigenvalue weighted by Crippen LogP contribution is 2.25. The normalized spacial score (nSPS) is 11.7. The van der Waals surface area contributed by atoms with Gasteiger partial charge in [0.1, 0.15) is 0 Å². The molecule has 0 aliphatic rings. The van der Waals surface area contributed by atoms with Crippen LogP contribution in [0.4, 0.5) is 0 Å². The van der Waals surface area contributed by atoms with Crippen LogP contribution in [0.1, 0.15) is 5.56 Å². The second-order valence-electron chi connectivity index (χ2n) is 3.16. The van der Waals surface area contributed by atoms with Crippen LogP contribution in [0.15, 0.2) is 28.0 Å². The van der Waals surface area contributed by atoms with E-state index in [0.717, 1.165) is 12.0 Å². The molecular formula is C9H11IO5S2. The van der Waals surface area contributed by atoms with Crippen molar-refractivity contribution in [3.8, 4) is 0 Å². The summed E-state index contributed by atoms with van der Waals surface area (Å²) >= 11 is 2.83. The standard InChI is InChI=1S/C9H11IO5S2/c1-7-6-8(16-15-14-11)2-3-9(7)17(12,13)5-4-10/h2-3,6,11H,4-5H2,1H3. The fourth-order valence-corrected chi connectivity index (χ4v) is 4.73. The average molecular weight is 390 g/mol. The van der Waals surface area contributed by atoms with Gasteiger partial charge in [-0.2, -0.15) is 0 Å². The lowest BCUT2D eigenvalue weighted by Crippen LogP contribution is -2.09. The molecule has 0 radical (unpaired) electrons. The Morgan fingerprint density at radius 1 is 1.47 bits per heavy atom. The van der Waals surface area contributed by atoms with E-state index in [-0.39, 0.29) is 5.75 Å². The van der Waals surface area contributed by atoms with Crippen molar-refractivity contribution in [1.82, 2.24) is 0 Å². The molecule has 0 fully saturated rings. The molecule has 0 unspecified atom stereocenters. The number of benzene rings is 1. The molecule has 0 heterocycles. The van der Waals surface area contributed by atoms with Crippen molar-refractivity contribution in [3.63, 3.8) is 0 Å². The van der Waals surface area contributed by atoms with Gasteiger partial charge in [0, 0.05) is 9.32 Å². The van der Waals surface area contributed by atoms with E-state index in [0.29, 0.717) is 19.8 Å². The van der Waals surface area contributed by atoms with Gasteiger partial charge in [-0.1, -0.05) is 27.6 Å². The van der Waals surface area contributed by atoms with Gasteiger partial charge in [0.25, 0.3) is 0 Å². The Hall–Kier alpha value is 0.130. The Balaban J connectivity index is 2.97. The minimum absolute atomic E-state index is 0.122. The molecule has 1 aromatic rings. The minimum Gasteiger partial charge on any atom is -0.224 e. The van der Waals surface area contributed by atoms with Crippen LogP contribution in [0.3, 0.4) is 0 Å². The molecule has 0 aromatic heterocycles. The first kappa shape index (κ1) is 15.2. The van der Waals surface area contributed by atoms with Gasteiger partial charge in [-0.25, -0.2) is 13.7 Å². The van der Waals surface area contributed by atoms with E-state index >= 15 is 0 Å². The molecule has 1 N–H and O–H groups in total. The number of hydrogen-bond donors (Lipinski definition) is 1. The lowest BCUT2D eigenvalue weighted by atomic mass is 10.2. The molecule has 0 aliphatic carbocycles. The summed E-state index contributed by atoms with van der Waals surface area (Å²) in [5.41, 5.74) is 0.640. The first-order valence-electron chi connectivity index (χ1n) is 4.55. The summed E-state index contributed by atoms with van der Waals surface area (Å²) in [5, 5.41) is 11.5. The van der Waals surface area contributed by atoms with E-state index in [4.69, 9.17) is 5.26 Å². The lowest BCUT2D eigenvalue weighted by Gasteiger charge is -2.07. The Bertz CT molecular complexity index is 474. The Kier molecular flexibility index (Phi) is 6.17. The predicted octanol–water partition coefficient (Wildman–Crippen LogP) is 2.63. The number of hydrogen-bond acceptors (Lipinski definition) is 6. The lowest BCUT2D eigenvalue weighted by molar-refractivity contribution is -0.432. The molecule has 0 atom stereocenters. The third kappa shape index (κ3) is 4.38. The van der Waals surface area contributed by atoms with E-state index in [2.05, 4.69) is 9.37 Å². The molecule has 0 spiro atoms. The topological polar surface area (TPSA) is 72.8 Å². The van der Waals surface area contributed by atoms with Crippen molar-refractivity contribution in [2.24, 2.45) is 0 Å². The molecular weight excluding hydrogens is 379 g/mol. The Morgan fingerprint density at radius 2 is 2.18 bits per heavy atom. The van der Waals surface area contributed by atoms with E-state index in [9.17, 15) is 8.42 Å². The summed E-state index contributed by atoms with van der Waals surface area (Å²) in [4.78, 5) is 0.966. The molecule has 0 amide bonds. The van der Waals surface area contributed by atoms with Crippen LogP contribution in [-0.4, -0.2) is 23.9 Å². The van der Waals surface area contributed by atoms with Gasteiger partial charge in [0.15, 0.2) is 9.84 Å². The van der Waals surface area contributed by atoms with E-state index in [1.165, 1.54) is 6.07 Å². The van der Waals surface area contributed by atoms with Crippen molar-refractivity contribution in [2.75, 3.05) is 10.2 Å². The highest BCUT2D eigenvalue weighted by molar-refractivity contribution is 14.1. The molecule has 1 aromatic carbocycles. The molecule has 1 rings (SSSR count). The minimum atomic E-state index is -3.22. The average Bonchev–Trinajstić information content (AvgIpc) is 2.26. The zero-order chi connectivity index (χ0) is 12.9. The van der Waals surface area contributed by atoms with Crippen LogP contribution in [-0.2, 0) is 19.2 Å². The highest BCUT2D eigenvalue weighted by atomic mass is 127. The monoisotopic (exact) mass is 390 g/mol. The smallest absolute Gasteiger partial charge is 0.179 e. The van der Waals surface area contributed by atoms with E-state index in [1.54, 1.807) is 19.1 Å². The van der Waals surface area contributed by atoms with Crippen LogP contribution in [0.5, 0.6) is 0 Å². The maximum atomic E-state index is 11.9. The maximum absolute atomic E-state index is 11.9. The van der Waals surface area contributed by atoms with Crippen LogP contribution in [0.2, 0.25) is 0 Å². The summed E-state index contributed by atoms with van der Waals surface area (Å²) in [7, 11) is -3.22. The van der Waals surface area contributed by atoms with Gasteiger partial charge in [-0.15, -0.1) is 4.33 Å². The van der Waals surface area contributed by atoms with Crippen LogP contribution < -0.4 is 0 Å². The molecule has 0 bridgehead atoms. The zero-order valence-corrected chi connectivity index (χ0v) is 12.7. The van der Waals surface area contributed by atoms with Gasteiger partial charge in [-0.05, 0) is 30.7 Å². The third-order valence-corrected chi connectivity index (χ3v) is 5.70. The summed E-state index contributed by atoms with van der Waals surface area (Å²) in [6.07, 6.45) is 0. The first-order valence-corrected chi connectivity index (χ1v) is 8.47. The fraction of sp³-hybridized carbons (Fsp3) is 0.333. The number of rotatable bonds is 6. The SMILES string of the molecule is Cc1cc(SOOO)ccc1S(=O)(=O)CCI. The van der Waals surface area contributed by atoms with Gasteiger partial charge in [0.05, 0.1) is 22.7 Å². The molecule has 17 heavy (non-hydrogen) atoms. The number of alkyl halides is 1. The number of aryl methyl sites for hydroxylation is 1. The van der Waals surface area contributed by atoms with Crippen LogP contribution >= 0.6 is 34.6 Å². The Morgan fingerprint density at radius 3 is 2.71 bits per heavy atom. The largest absolute Gasteiger partial charge is 0.224 e. The molecule has 8 heteroatoms. The molecule has 0 saturated heterocycles.